The maximum absolute atomic E-state index is 12.6. The van der Waals surface area contributed by atoms with Gasteiger partial charge in [-0.1, -0.05) is 28.1 Å². The molecule has 8 heteroatoms. The predicted octanol–water partition coefficient (Wildman–Crippen LogP) is 2.71. The number of para-hydroxylation sites is 1. The summed E-state index contributed by atoms with van der Waals surface area (Å²) in [7, 11) is 0. The third-order valence-corrected chi connectivity index (χ3v) is 5.02. The van der Waals surface area contributed by atoms with Gasteiger partial charge in [-0.05, 0) is 43.2 Å². The van der Waals surface area contributed by atoms with Crippen molar-refractivity contribution in [3.63, 3.8) is 0 Å². The fourth-order valence-electron chi connectivity index (χ4n) is 2.97. The van der Waals surface area contributed by atoms with Gasteiger partial charge in [0.2, 0.25) is 5.91 Å². The van der Waals surface area contributed by atoms with Gasteiger partial charge in [-0.2, -0.15) is 0 Å². The normalized spacial score (nSPS) is 15.5. The van der Waals surface area contributed by atoms with E-state index in [1.807, 2.05) is 0 Å². The van der Waals surface area contributed by atoms with Crippen molar-refractivity contribution >= 4 is 45.0 Å². The number of benzene rings is 2. The smallest absolute Gasteiger partial charge is 0.265 e. The van der Waals surface area contributed by atoms with E-state index >= 15 is 0 Å². The number of amides is 3. The molecule has 2 aromatic carbocycles. The standard InChI is InChI=1S/C20H18BrN3O4/c21-12-5-8-16-17(9-12)28-11-19(26)24(16)10-18(25)23-15-4-2-1-3-14(15)20(27)22-13-6-7-13/h1-5,8-9,13H,6-7,10-11H2,(H,22,27)(H,23,25). The zero-order chi connectivity index (χ0) is 19.7. The van der Waals surface area contributed by atoms with Gasteiger partial charge in [0.25, 0.3) is 11.8 Å². The maximum atomic E-state index is 12.6. The molecule has 144 valence electrons. The Morgan fingerprint density at radius 3 is 2.75 bits per heavy atom. The first-order valence-electron chi connectivity index (χ1n) is 8.94. The molecule has 1 aliphatic heterocycles. The molecule has 2 aliphatic rings. The van der Waals surface area contributed by atoms with Crippen LogP contribution in [0, 0.1) is 0 Å². The molecule has 1 saturated carbocycles. The van der Waals surface area contributed by atoms with Gasteiger partial charge < -0.3 is 15.4 Å². The summed E-state index contributed by atoms with van der Waals surface area (Å²) in [6.45, 7) is -0.299. The molecule has 28 heavy (non-hydrogen) atoms. The number of hydrogen-bond donors (Lipinski definition) is 2. The predicted molar refractivity (Wildman–Crippen MR) is 108 cm³/mol. The molecule has 2 aromatic rings. The molecule has 4 rings (SSSR count). The number of fused-ring (bicyclic) bond motifs is 1. The minimum absolute atomic E-state index is 0.128. The number of ether oxygens (including phenoxy) is 1. The van der Waals surface area contributed by atoms with Gasteiger partial charge in [0.1, 0.15) is 12.3 Å². The third kappa shape index (κ3) is 4.01. The molecule has 0 bridgehead atoms. The summed E-state index contributed by atoms with van der Waals surface area (Å²) in [5, 5.41) is 5.67. The van der Waals surface area contributed by atoms with E-state index in [2.05, 4.69) is 26.6 Å². The maximum Gasteiger partial charge on any atom is 0.265 e. The van der Waals surface area contributed by atoms with Crippen LogP contribution in [0.1, 0.15) is 23.2 Å². The van der Waals surface area contributed by atoms with Crippen LogP contribution >= 0.6 is 15.9 Å². The van der Waals surface area contributed by atoms with Crippen molar-refractivity contribution in [2.24, 2.45) is 0 Å². The highest BCUT2D eigenvalue weighted by Gasteiger charge is 2.28. The van der Waals surface area contributed by atoms with E-state index in [9.17, 15) is 14.4 Å². The number of anilines is 2. The summed E-state index contributed by atoms with van der Waals surface area (Å²) in [6, 6.07) is 12.3. The summed E-state index contributed by atoms with van der Waals surface area (Å²) < 4.78 is 6.25. The van der Waals surface area contributed by atoms with E-state index in [4.69, 9.17) is 4.74 Å². The monoisotopic (exact) mass is 443 g/mol. The van der Waals surface area contributed by atoms with E-state index in [1.54, 1.807) is 42.5 Å². The number of rotatable bonds is 5. The van der Waals surface area contributed by atoms with Crippen LogP contribution in [0.25, 0.3) is 0 Å². The number of carbonyl (C=O) groups excluding carboxylic acids is 3. The Hall–Kier alpha value is -2.87. The first kappa shape index (κ1) is 18.5. The lowest BCUT2D eigenvalue weighted by Crippen LogP contribution is -2.43. The van der Waals surface area contributed by atoms with E-state index in [-0.39, 0.29) is 31.0 Å². The molecule has 0 unspecified atom stereocenters. The highest BCUT2D eigenvalue weighted by Crippen LogP contribution is 2.34. The number of nitrogens with zero attached hydrogens (tertiary/aromatic N) is 1. The van der Waals surface area contributed by atoms with Crippen molar-refractivity contribution in [2.75, 3.05) is 23.4 Å². The summed E-state index contributed by atoms with van der Waals surface area (Å²) >= 11 is 3.36. The average molecular weight is 444 g/mol. The van der Waals surface area contributed by atoms with E-state index < -0.39 is 5.91 Å². The van der Waals surface area contributed by atoms with Gasteiger partial charge in [0.15, 0.2) is 6.61 Å². The lowest BCUT2D eigenvalue weighted by molar-refractivity contribution is -0.123. The molecular formula is C20H18BrN3O4. The van der Waals surface area contributed by atoms with Gasteiger partial charge in [-0.3, -0.25) is 19.3 Å². The highest BCUT2D eigenvalue weighted by atomic mass is 79.9. The Kier molecular flexibility index (Phi) is 5.04. The van der Waals surface area contributed by atoms with Crippen molar-refractivity contribution in [3.8, 4) is 5.75 Å². The SMILES string of the molecule is O=C(CN1C(=O)COc2cc(Br)ccc21)Nc1ccccc1C(=O)NC1CC1. The molecule has 1 fully saturated rings. The Morgan fingerprint density at radius 2 is 1.96 bits per heavy atom. The quantitative estimate of drug-likeness (QED) is 0.743. The lowest BCUT2D eigenvalue weighted by Gasteiger charge is -2.29. The fourth-order valence-corrected chi connectivity index (χ4v) is 3.31. The topological polar surface area (TPSA) is 87.7 Å². The average Bonchev–Trinajstić information content (AvgIpc) is 3.48. The Bertz CT molecular complexity index is 958. The molecule has 1 heterocycles. The number of nitrogens with one attached hydrogen (secondary N) is 2. The Morgan fingerprint density at radius 1 is 1.18 bits per heavy atom. The molecule has 2 N–H and O–H groups in total. The minimum Gasteiger partial charge on any atom is -0.482 e. The summed E-state index contributed by atoms with van der Waals surface area (Å²) in [6.07, 6.45) is 1.96. The number of carbonyl (C=O) groups is 3. The van der Waals surface area contributed by atoms with Crippen LogP contribution in [0.4, 0.5) is 11.4 Å². The van der Waals surface area contributed by atoms with Gasteiger partial charge in [0, 0.05) is 10.5 Å². The molecule has 3 amide bonds. The zero-order valence-corrected chi connectivity index (χ0v) is 16.5. The molecule has 0 radical (unpaired) electrons. The van der Waals surface area contributed by atoms with Crippen LogP contribution in [0.3, 0.4) is 0 Å². The molecule has 1 aliphatic carbocycles. The molecule has 0 aromatic heterocycles. The Balaban J connectivity index is 1.49. The molecule has 7 nitrogen and oxygen atoms in total. The molecule has 0 atom stereocenters. The molecular weight excluding hydrogens is 426 g/mol. The largest absolute Gasteiger partial charge is 0.482 e. The Labute approximate surface area is 170 Å². The van der Waals surface area contributed by atoms with Crippen molar-refractivity contribution in [1.82, 2.24) is 5.32 Å². The fraction of sp³-hybridized carbons (Fsp3) is 0.250. The van der Waals surface area contributed by atoms with Crippen LogP contribution < -0.4 is 20.3 Å². The van der Waals surface area contributed by atoms with Crippen molar-refractivity contribution in [1.29, 1.82) is 0 Å². The summed E-state index contributed by atoms with van der Waals surface area (Å²) in [4.78, 5) is 38.7. The van der Waals surface area contributed by atoms with Crippen molar-refractivity contribution in [2.45, 2.75) is 18.9 Å². The van der Waals surface area contributed by atoms with E-state index in [1.165, 1.54) is 4.90 Å². The van der Waals surface area contributed by atoms with Gasteiger partial charge in [-0.25, -0.2) is 0 Å². The van der Waals surface area contributed by atoms with Gasteiger partial charge in [0.05, 0.1) is 16.9 Å². The van der Waals surface area contributed by atoms with Crippen LogP contribution in [0.15, 0.2) is 46.9 Å². The third-order valence-electron chi connectivity index (χ3n) is 4.52. The van der Waals surface area contributed by atoms with Crippen LogP contribution in [0.2, 0.25) is 0 Å². The summed E-state index contributed by atoms with van der Waals surface area (Å²) in [5.41, 5.74) is 1.36. The summed E-state index contributed by atoms with van der Waals surface area (Å²) in [5.74, 6) is -0.373. The lowest BCUT2D eigenvalue weighted by atomic mass is 10.1. The van der Waals surface area contributed by atoms with E-state index in [0.717, 1.165) is 17.3 Å². The van der Waals surface area contributed by atoms with Gasteiger partial charge in [-0.15, -0.1) is 0 Å². The van der Waals surface area contributed by atoms with Crippen LogP contribution in [0.5, 0.6) is 5.75 Å². The second-order valence-corrected chi connectivity index (χ2v) is 7.64. The first-order valence-corrected chi connectivity index (χ1v) is 9.73. The van der Waals surface area contributed by atoms with Crippen LogP contribution in [-0.4, -0.2) is 36.9 Å². The zero-order valence-electron chi connectivity index (χ0n) is 14.9. The molecule has 0 spiro atoms. The second kappa shape index (κ2) is 7.63. The first-order chi connectivity index (χ1) is 13.5. The number of hydrogen-bond acceptors (Lipinski definition) is 4. The van der Waals surface area contributed by atoms with E-state index in [0.29, 0.717) is 22.7 Å². The second-order valence-electron chi connectivity index (χ2n) is 6.72. The van der Waals surface area contributed by atoms with Crippen molar-refractivity contribution < 1.29 is 19.1 Å². The molecule has 0 saturated heterocycles. The highest BCUT2D eigenvalue weighted by molar-refractivity contribution is 9.10. The van der Waals surface area contributed by atoms with Gasteiger partial charge >= 0.3 is 0 Å². The number of halogens is 1. The minimum atomic E-state index is -0.393. The van der Waals surface area contributed by atoms with Crippen molar-refractivity contribution in [3.05, 3.63) is 52.5 Å². The van der Waals surface area contributed by atoms with Crippen LogP contribution in [-0.2, 0) is 9.59 Å².